The lowest BCUT2D eigenvalue weighted by atomic mass is 9.80. The monoisotopic (exact) mass is 810 g/mol. The average molecular weight is 810 g/mol. The first kappa shape index (κ1) is 44.6. The molecule has 322 valence electrons. The number of rotatable bonds is 19. The van der Waals surface area contributed by atoms with Gasteiger partial charge in [0.25, 0.3) is 5.91 Å². The number of hydrogen-bond donors (Lipinski definition) is 1. The third-order valence-electron chi connectivity index (χ3n) is 13.6. The smallest absolute Gasteiger partial charge is 0.305 e. The second kappa shape index (κ2) is 20.1. The summed E-state index contributed by atoms with van der Waals surface area (Å²) in [5.41, 5.74) is 9.68. The highest BCUT2D eigenvalue weighted by Gasteiger charge is 2.50. The highest BCUT2D eigenvalue weighted by Crippen LogP contribution is 2.45. The minimum atomic E-state index is -0.658. The SMILES string of the molecule is CCCCCCCO[C@H](C)C1=C(C)C2C=C3NC(=C4C(=O)N(CCCCCC)C(=O)C5C4=NC(=C5C)C=C4N=C(CC1=N2)[C@H](C)[C@H]4CC)[C@@H](CCC(=O)OCCC)[C@@H]3C. The minimum Gasteiger partial charge on any atom is -0.466 e. The highest BCUT2D eigenvalue weighted by molar-refractivity contribution is 6.36. The Balaban J connectivity index is 1.49. The number of ether oxygens (including phenoxy) is 2. The number of imide groups is 1. The molecule has 6 rings (SSSR count). The minimum absolute atomic E-state index is 0.0651. The van der Waals surface area contributed by atoms with Gasteiger partial charge in [-0.15, -0.1) is 0 Å². The lowest BCUT2D eigenvalue weighted by Gasteiger charge is -2.33. The molecule has 0 aliphatic carbocycles. The Labute approximate surface area is 353 Å². The van der Waals surface area contributed by atoms with Crippen LogP contribution in [0.5, 0.6) is 0 Å². The van der Waals surface area contributed by atoms with E-state index < -0.39 is 5.92 Å². The largest absolute Gasteiger partial charge is 0.466 e. The normalized spacial score (nSPS) is 26.9. The van der Waals surface area contributed by atoms with Gasteiger partial charge >= 0.3 is 5.97 Å². The zero-order valence-electron chi connectivity index (χ0n) is 37.5. The standard InChI is InChI=1S/C49H71N5O5/c1-10-14-16-18-20-25-58-33(9)43-31(7)38-26-37-30(6)35(21-22-42(55)59-24-12-3)46(52-37)45-47-44(48(56)54(49(45)57)23-19-17-15-11-2)32(8)39(53-47)27-40-34(13-4)29(5)36(50-40)28-41(43)51-38/h26-27,29-30,33-35,38,44,52H,10-25,28H2,1-9H3/t29-,30+,33-,34-,35+,38?,44?/m1/s1. The van der Waals surface area contributed by atoms with Gasteiger partial charge in [-0.1, -0.05) is 86.5 Å². The zero-order valence-corrected chi connectivity index (χ0v) is 37.5. The maximum Gasteiger partial charge on any atom is 0.305 e. The summed E-state index contributed by atoms with van der Waals surface area (Å²) in [5.74, 6) is -1.28. The fourth-order valence-corrected chi connectivity index (χ4v) is 10.0. The van der Waals surface area contributed by atoms with Crippen molar-refractivity contribution in [1.82, 2.24) is 10.2 Å². The van der Waals surface area contributed by atoms with Crippen LogP contribution in [0.25, 0.3) is 0 Å². The predicted molar refractivity (Wildman–Crippen MR) is 237 cm³/mol. The van der Waals surface area contributed by atoms with Crippen molar-refractivity contribution in [1.29, 1.82) is 0 Å². The number of esters is 1. The fraction of sp³-hybridized carbons (Fsp3) is 0.673. The molecule has 8 bridgehead atoms. The molecule has 10 nitrogen and oxygen atoms in total. The van der Waals surface area contributed by atoms with E-state index in [1.165, 1.54) is 36.2 Å². The number of carbonyl (C=O) groups is 3. The number of fused-ring (bicyclic) bond motifs is 5. The Morgan fingerprint density at radius 1 is 0.898 bits per heavy atom. The second-order valence-electron chi connectivity index (χ2n) is 17.7. The first-order valence-electron chi connectivity index (χ1n) is 23.2. The van der Waals surface area contributed by atoms with Crippen molar-refractivity contribution in [3.05, 3.63) is 57.2 Å². The fourth-order valence-electron chi connectivity index (χ4n) is 10.0. The number of nitrogens with zero attached hydrogens (tertiary/aromatic N) is 4. The molecule has 2 unspecified atom stereocenters. The third-order valence-corrected chi connectivity index (χ3v) is 13.6. The van der Waals surface area contributed by atoms with E-state index in [1.807, 2.05) is 13.8 Å². The number of piperidine rings is 1. The Morgan fingerprint density at radius 2 is 1.63 bits per heavy atom. The number of likely N-dealkylation sites (tertiary alicyclic amines) is 1. The van der Waals surface area contributed by atoms with Crippen LogP contribution in [0, 0.1) is 29.6 Å². The van der Waals surface area contributed by atoms with Crippen LogP contribution in [0.3, 0.4) is 0 Å². The Kier molecular flexibility index (Phi) is 15.2. The molecule has 6 aliphatic rings. The molecule has 2 amide bonds. The zero-order chi connectivity index (χ0) is 42.4. The molecule has 0 aromatic rings. The molecule has 0 spiro atoms. The summed E-state index contributed by atoms with van der Waals surface area (Å²) in [6.07, 6.45) is 16.9. The second-order valence-corrected chi connectivity index (χ2v) is 17.7. The molecule has 2 fully saturated rings. The lowest BCUT2D eigenvalue weighted by Crippen LogP contribution is -2.51. The van der Waals surface area contributed by atoms with Crippen molar-refractivity contribution in [2.75, 3.05) is 19.8 Å². The number of amides is 2. The van der Waals surface area contributed by atoms with Gasteiger partial charge in [-0.05, 0) is 76.2 Å². The van der Waals surface area contributed by atoms with Gasteiger partial charge in [0.1, 0.15) is 5.92 Å². The lowest BCUT2D eigenvalue weighted by molar-refractivity contribution is -0.145. The number of unbranched alkanes of at least 4 members (excludes halogenated alkanes) is 7. The first-order chi connectivity index (χ1) is 28.4. The van der Waals surface area contributed by atoms with Crippen LogP contribution < -0.4 is 5.32 Å². The van der Waals surface area contributed by atoms with E-state index in [0.29, 0.717) is 49.6 Å². The molecule has 0 saturated carbocycles. The van der Waals surface area contributed by atoms with E-state index in [9.17, 15) is 14.4 Å². The maximum atomic E-state index is 14.9. The molecular weight excluding hydrogens is 739 g/mol. The van der Waals surface area contributed by atoms with E-state index >= 15 is 0 Å². The van der Waals surface area contributed by atoms with E-state index in [4.69, 9.17) is 24.5 Å². The van der Waals surface area contributed by atoms with Gasteiger partial charge in [-0.25, -0.2) is 0 Å². The van der Waals surface area contributed by atoms with Crippen molar-refractivity contribution in [3.63, 3.8) is 0 Å². The summed E-state index contributed by atoms with van der Waals surface area (Å²) >= 11 is 0. The highest BCUT2D eigenvalue weighted by atomic mass is 16.5. The van der Waals surface area contributed by atoms with E-state index in [0.717, 1.165) is 84.6 Å². The Morgan fingerprint density at radius 3 is 2.34 bits per heavy atom. The summed E-state index contributed by atoms with van der Waals surface area (Å²) in [6, 6.07) is -0.229. The molecule has 10 heteroatoms. The van der Waals surface area contributed by atoms with E-state index in [1.54, 1.807) is 0 Å². The van der Waals surface area contributed by atoms with Crippen LogP contribution in [0.4, 0.5) is 0 Å². The van der Waals surface area contributed by atoms with Gasteiger partial charge in [0.05, 0.1) is 35.7 Å². The molecule has 7 atom stereocenters. The summed E-state index contributed by atoms with van der Waals surface area (Å²) < 4.78 is 12.1. The molecule has 0 aromatic heterocycles. The predicted octanol–water partition coefficient (Wildman–Crippen LogP) is 9.93. The van der Waals surface area contributed by atoms with Gasteiger partial charge < -0.3 is 14.8 Å². The molecule has 6 heterocycles. The van der Waals surface area contributed by atoms with Crippen LogP contribution in [0.2, 0.25) is 0 Å². The van der Waals surface area contributed by atoms with Crippen LogP contribution in [0.1, 0.15) is 152 Å². The van der Waals surface area contributed by atoms with Crippen molar-refractivity contribution in [2.24, 2.45) is 44.6 Å². The number of carbonyl (C=O) groups excluding carboxylic acids is 3. The summed E-state index contributed by atoms with van der Waals surface area (Å²) in [7, 11) is 0. The average Bonchev–Trinajstić information content (AvgIpc) is 3.90. The molecule has 0 radical (unpaired) electrons. The Hall–Kier alpha value is -3.92. The molecule has 1 N–H and O–H groups in total. The third kappa shape index (κ3) is 9.38. The summed E-state index contributed by atoms with van der Waals surface area (Å²) in [4.78, 5) is 59.9. The van der Waals surface area contributed by atoms with Crippen molar-refractivity contribution < 1.29 is 23.9 Å². The van der Waals surface area contributed by atoms with Crippen LogP contribution >= 0.6 is 0 Å². The van der Waals surface area contributed by atoms with E-state index in [-0.39, 0.29) is 60.0 Å². The van der Waals surface area contributed by atoms with Crippen LogP contribution in [-0.2, 0) is 23.9 Å². The molecule has 2 saturated heterocycles. The number of hydrogen-bond acceptors (Lipinski definition) is 9. The van der Waals surface area contributed by atoms with Gasteiger partial charge in [-0.3, -0.25) is 34.3 Å². The topological polar surface area (TPSA) is 122 Å². The van der Waals surface area contributed by atoms with Crippen LogP contribution in [-0.4, -0.2) is 71.7 Å². The van der Waals surface area contributed by atoms with Crippen molar-refractivity contribution in [2.45, 2.75) is 164 Å². The number of allylic oxidation sites excluding steroid dienone is 4. The maximum absolute atomic E-state index is 14.9. The molecule has 6 aliphatic heterocycles. The summed E-state index contributed by atoms with van der Waals surface area (Å²) in [5, 5.41) is 3.76. The van der Waals surface area contributed by atoms with Crippen LogP contribution in [0.15, 0.2) is 72.2 Å². The molecule has 59 heavy (non-hydrogen) atoms. The summed E-state index contributed by atoms with van der Waals surface area (Å²) in [6.45, 7) is 20.8. The Bertz CT molecular complexity index is 1890. The van der Waals surface area contributed by atoms with Gasteiger partial charge in [0.15, 0.2) is 0 Å². The van der Waals surface area contributed by atoms with Gasteiger partial charge in [0, 0.05) is 83.8 Å². The van der Waals surface area contributed by atoms with Crippen molar-refractivity contribution >= 4 is 34.9 Å². The molecule has 0 aromatic carbocycles. The van der Waals surface area contributed by atoms with Gasteiger partial charge in [0.2, 0.25) is 5.91 Å². The number of nitrogens with one attached hydrogen (secondary N) is 1. The quantitative estimate of drug-likeness (QED) is 0.0788. The molecular formula is C49H71N5O5. The first-order valence-corrected chi connectivity index (χ1v) is 23.2. The number of aliphatic imine (C=N–C) groups is 3. The van der Waals surface area contributed by atoms with E-state index in [2.05, 4.69) is 65.9 Å². The van der Waals surface area contributed by atoms with Crippen molar-refractivity contribution in [3.8, 4) is 0 Å². The van der Waals surface area contributed by atoms with Gasteiger partial charge in [-0.2, -0.15) is 0 Å².